The minimum Gasteiger partial charge on any atom is -0.506 e. The Hall–Kier alpha value is -6.27. The lowest BCUT2D eigenvalue weighted by Crippen LogP contribution is -2.19. The first-order chi connectivity index (χ1) is 24.6. The lowest BCUT2D eigenvalue weighted by Gasteiger charge is -2.21. The molecule has 0 heterocycles. The summed E-state index contributed by atoms with van der Waals surface area (Å²) in [5, 5.41) is 25.9. The van der Waals surface area contributed by atoms with Crippen LogP contribution in [-0.2, 0) is 20.2 Å². The van der Waals surface area contributed by atoms with Crippen LogP contribution in [0.2, 0.25) is 0 Å². The molecule has 4 aliphatic carbocycles. The minimum absolute atomic E-state index is 0.0685. The maximum Gasteiger partial charge on any atom is 0.323 e. The normalized spacial score (nSPS) is 18.6. The van der Waals surface area contributed by atoms with Gasteiger partial charge in [0.2, 0.25) is 0 Å². The van der Waals surface area contributed by atoms with E-state index in [-0.39, 0.29) is 56.7 Å². The third-order valence-electron chi connectivity index (χ3n) is 8.04. The van der Waals surface area contributed by atoms with Crippen LogP contribution in [0.5, 0.6) is 0 Å². The van der Waals surface area contributed by atoms with Crippen LogP contribution < -0.4 is 10.6 Å². The molecule has 0 aromatic heterocycles. The highest BCUT2D eigenvalue weighted by atomic mass is 32.2. The zero-order valence-corrected chi connectivity index (χ0v) is 28.1. The van der Waals surface area contributed by atoms with E-state index >= 15 is 0 Å². The van der Waals surface area contributed by atoms with Crippen molar-refractivity contribution >= 4 is 60.9 Å². The second kappa shape index (κ2) is 13.8. The second-order valence-electron chi connectivity index (χ2n) is 11.5. The number of nitrogens with one attached hydrogen (secondary N) is 2. The Morgan fingerprint density at radius 2 is 0.904 bits per heavy atom. The first kappa shape index (κ1) is 35.6. The molecule has 0 bridgehead atoms. The van der Waals surface area contributed by atoms with Crippen LogP contribution in [0, 0.1) is 0 Å². The number of hydrogen-bond acceptors (Lipinski definition) is 9. The number of rotatable bonds is 6. The first-order valence-electron chi connectivity index (χ1n) is 15.1. The zero-order valence-electron chi connectivity index (χ0n) is 26.5. The third kappa shape index (κ3) is 7.72. The van der Waals surface area contributed by atoms with Crippen molar-refractivity contribution in [2.24, 2.45) is 9.98 Å². The van der Waals surface area contributed by atoms with E-state index in [1.54, 1.807) is 0 Å². The molecule has 15 nitrogen and oxygen atoms in total. The van der Waals surface area contributed by atoms with Gasteiger partial charge in [-0.1, -0.05) is 24.3 Å². The van der Waals surface area contributed by atoms with Crippen molar-refractivity contribution in [2.75, 3.05) is 10.6 Å². The standard InChI is InChI=1S/C35H26N4O11S2/c40-29-15-5-21-17-25(51(45,46)47)11-13-27(21)31(29)38-33(42)19-1-7-23(8-2-19)36-35(44)37-24-9-3-20(4-10-24)34(43)39-32-28-14-12-26(52(48,49)50)18-22(28)6-16-30(32)41/h1-16,40-41H,17-18H2,(H2,36,37,44)(H,45,46,47)(H,48,49,50). The second-order valence-corrected chi connectivity index (χ2v) is 14.4. The number of anilines is 2. The van der Waals surface area contributed by atoms with Crippen molar-refractivity contribution in [1.29, 1.82) is 0 Å². The van der Waals surface area contributed by atoms with Gasteiger partial charge in [-0.3, -0.25) is 18.7 Å². The number of aliphatic hydroxyl groups is 2. The van der Waals surface area contributed by atoms with Crippen molar-refractivity contribution in [2.45, 2.75) is 12.8 Å². The number of carbonyl (C=O) groups excluding carboxylic acids is 3. The van der Waals surface area contributed by atoms with E-state index in [0.29, 0.717) is 33.7 Å². The zero-order chi connectivity index (χ0) is 37.4. The monoisotopic (exact) mass is 742 g/mol. The molecule has 0 aliphatic heterocycles. The summed E-state index contributed by atoms with van der Waals surface area (Å²) in [6, 6.07) is 10.8. The average molecular weight is 743 g/mol. The molecule has 0 atom stereocenters. The molecule has 52 heavy (non-hydrogen) atoms. The minimum atomic E-state index is -4.42. The highest BCUT2D eigenvalue weighted by Gasteiger charge is 2.29. The fourth-order valence-corrected chi connectivity index (χ4v) is 6.57. The van der Waals surface area contributed by atoms with E-state index in [4.69, 9.17) is 0 Å². The van der Waals surface area contributed by atoms with E-state index in [9.17, 15) is 50.5 Å². The van der Waals surface area contributed by atoms with Gasteiger partial charge in [-0.05, 0) is 84.0 Å². The highest BCUT2D eigenvalue weighted by Crippen LogP contribution is 2.34. The largest absolute Gasteiger partial charge is 0.506 e. The smallest absolute Gasteiger partial charge is 0.323 e. The molecule has 2 aromatic rings. The van der Waals surface area contributed by atoms with Gasteiger partial charge < -0.3 is 20.8 Å². The summed E-state index contributed by atoms with van der Waals surface area (Å²) >= 11 is 0. The van der Waals surface area contributed by atoms with Gasteiger partial charge in [-0.15, -0.1) is 0 Å². The number of aliphatic hydroxyl groups excluding tert-OH is 2. The number of carbonyl (C=O) groups is 3. The highest BCUT2D eigenvalue weighted by molar-refractivity contribution is 7.90. The van der Waals surface area contributed by atoms with Crippen LogP contribution in [0.25, 0.3) is 0 Å². The van der Waals surface area contributed by atoms with Crippen LogP contribution in [-0.4, -0.2) is 65.4 Å². The van der Waals surface area contributed by atoms with E-state index in [2.05, 4.69) is 20.6 Å². The van der Waals surface area contributed by atoms with E-state index in [1.165, 1.54) is 97.1 Å². The number of benzene rings is 2. The molecule has 0 spiro atoms. The SMILES string of the molecule is O=C(Nc1ccc(C(=O)N=C2C(O)=CC=C3CC(S(=O)(=O)O)=CC=C32)cc1)Nc1ccc(C(=O)N=C2C(O)=CC=C3CC(S(=O)(=O)O)=CC=C32)cc1. The number of fused-ring (bicyclic) bond motifs is 2. The van der Waals surface area contributed by atoms with Crippen LogP contribution in [0.15, 0.2) is 151 Å². The Labute approximate surface area is 296 Å². The molecule has 6 rings (SSSR count). The molecule has 264 valence electrons. The summed E-state index contributed by atoms with van der Waals surface area (Å²) in [6.07, 6.45) is 10.2. The average Bonchev–Trinajstić information content (AvgIpc) is 3.10. The van der Waals surface area contributed by atoms with Crippen molar-refractivity contribution in [1.82, 2.24) is 0 Å². The van der Waals surface area contributed by atoms with Crippen LogP contribution in [0.1, 0.15) is 33.6 Å². The predicted molar refractivity (Wildman–Crippen MR) is 191 cm³/mol. The Balaban J connectivity index is 1.08. The quantitative estimate of drug-likeness (QED) is 0.203. The molecule has 0 saturated heterocycles. The molecule has 4 amide bonds. The summed E-state index contributed by atoms with van der Waals surface area (Å²) < 4.78 is 64.8. The lowest BCUT2D eigenvalue weighted by molar-refractivity contribution is 0.0994. The maximum absolute atomic E-state index is 12.9. The van der Waals surface area contributed by atoms with Crippen LogP contribution in [0.3, 0.4) is 0 Å². The van der Waals surface area contributed by atoms with Crippen LogP contribution >= 0.6 is 0 Å². The Morgan fingerprint density at radius 3 is 1.25 bits per heavy atom. The van der Waals surface area contributed by atoms with Gasteiger partial charge in [0.05, 0.1) is 9.81 Å². The van der Waals surface area contributed by atoms with Gasteiger partial charge in [-0.25, -0.2) is 14.8 Å². The van der Waals surface area contributed by atoms with Crippen molar-refractivity contribution in [3.63, 3.8) is 0 Å². The summed E-state index contributed by atoms with van der Waals surface area (Å²) in [7, 11) is -8.84. The Morgan fingerprint density at radius 1 is 0.538 bits per heavy atom. The predicted octanol–water partition coefficient (Wildman–Crippen LogP) is 5.46. The molecule has 0 saturated carbocycles. The third-order valence-corrected chi connectivity index (χ3v) is 9.93. The number of amides is 4. The van der Waals surface area contributed by atoms with Crippen molar-refractivity contribution in [3.05, 3.63) is 152 Å². The molecular formula is C35H26N4O11S2. The Bertz CT molecular complexity index is 2320. The molecule has 0 unspecified atom stereocenters. The van der Waals surface area contributed by atoms with E-state index < -0.39 is 38.1 Å². The van der Waals surface area contributed by atoms with E-state index in [1.807, 2.05) is 0 Å². The van der Waals surface area contributed by atoms with Crippen LogP contribution in [0.4, 0.5) is 16.2 Å². The summed E-state index contributed by atoms with van der Waals surface area (Å²) in [5.41, 5.74) is 2.27. The number of urea groups is 1. The molecule has 0 fully saturated rings. The maximum atomic E-state index is 12.9. The summed E-state index contributed by atoms with van der Waals surface area (Å²) in [5.74, 6) is -2.05. The summed E-state index contributed by atoms with van der Waals surface area (Å²) in [4.78, 5) is 46.1. The number of allylic oxidation sites excluding steroid dienone is 14. The van der Waals surface area contributed by atoms with Crippen molar-refractivity contribution < 1.29 is 50.5 Å². The molecule has 17 heteroatoms. The lowest BCUT2D eigenvalue weighted by atomic mass is 9.89. The first-order valence-corrected chi connectivity index (χ1v) is 18.0. The van der Waals surface area contributed by atoms with E-state index in [0.717, 1.165) is 0 Å². The topological polar surface area (TPSA) is 249 Å². The number of hydrogen-bond donors (Lipinski definition) is 6. The van der Waals surface area contributed by atoms with Gasteiger partial charge >= 0.3 is 6.03 Å². The van der Waals surface area contributed by atoms with Crippen molar-refractivity contribution in [3.8, 4) is 0 Å². The van der Waals surface area contributed by atoms with Gasteiger partial charge in [0, 0.05) is 46.5 Å². The number of nitrogens with zero attached hydrogens (tertiary/aromatic N) is 2. The van der Waals surface area contributed by atoms with Gasteiger partial charge in [0.25, 0.3) is 32.1 Å². The molecular weight excluding hydrogens is 717 g/mol. The molecule has 0 radical (unpaired) electrons. The summed E-state index contributed by atoms with van der Waals surface area (Å²) in [6.45, 7) is 0. The molecule has 2 aromatic carbocycles. The molecule has 4 aliphatic rings. The molecule has 6 N–H and O–H groups in total. The van der Waals surface area contributed by atoms with Gasteiger partial charge in [-0.2, -0.15) is 16.8 Å². The van der Waals surface area contributed by atoms with Gasteiger partial charge in [0.1, 0.15) is 22.9 Å². The fourth-order valence-electron chi connectivity index (χ4n) is 5.41. The fraction of sp³-hybridized carbons (Fsp3) is 0.0571. The van der Waals surface area contributed by atoms with Gasteiger partial charge in [0.15, 0.2) is 0 Å². The Kier molecular flexibility index (Phi) is 9.44. The number of aliphatic imine (C=N–C) groups is 2.